The number of carbonyl (C=O) groups excluding carboxylic acids is 1. The fraction of sp³-hybridized carbons (Fsp3) is 0.419. The number of nitrogens with zero attached hydrogens (tertiary/aromatic N) is 5. The normalized spacial score (nSPS) is 16.5. The minimum atomic E-state index is -3.12. The van der Waals surface area contributed by atoms with Crippen LogP contribution in [0.15, 0.2) is 47.7 Å². The number of hydrogen-bond acceptors (Lipinski definition) is 8. The molecule has 6 rings (SSSR count). The van der Waals surface area contributed by atoms with E-state index in [4.69, 9.17) is 14.7 Å². The van der Waals surface area contributed by atoms with E-state index in [0.717, 1.165) is 67.2 Å². The maximum Gasteiger partial charge on any atom is 0.387 e. The summed E-state index contributed by atoms with van der Waals surface area (Å²) in [5.74, 6) is 0.297. The molecule has 2 N–H and O–H groups in total. The second-order valence-corrected chi connectivity index (χ2v) is 11.3. The van der Waals surface area contributed by atoms with Crippen molar-refractivity contribution in [1.29, 1.82) is 0 Å². The van der Waals surface area contributed by atoms with Crippen LogP contribution in [0.2, 0.25) is 0 Å². The molecule has 11 nitrogen and oxygen atoms in total. The van der Waals surface area contributed by atoms with Crippen molar-refractivity contribution in [2.45, 2.75) is 38.8 Å². The molecule has 2 fully saturated rings. The number of pyridine rings is 3. The maximum absolute atomic E-state index is 13.7. The van der Waals surface area contributed by atoms with Gasteiger partial charge in [-0.2, -0.15) is 8.78 Å². The summed E-state index contributed by atoms with van der Waals surface area (Å²) in [5, 5.41) is 2.73. The first kappa shape index (κ1) is 29.7. The largest absolute Gasteiger partial charge is 0.434 e. The molecule has 2 saturated heterocycles. The van der Waals surface area contributed by atoms with Crippen LogP contribution in [-0.2, 0) is 11.3 Å². The summed E-state index contributed by atoms with van der Waals surface area (Å²) >= 11 is 0. The first-order chi connectivity index (χ1) is 21.3. The minimum Gasteiger partial charge on any atom is -0.434 e. The summed E-state index contributed by atoms with van der Waals surface area (Å²) in [6, 6.07) is 9.07. The molecule has 0 spiro atoms. The Morgan fingerprint density at radius 2 is 1.89 bits per heavy atom. The molecular weight excluding hydrogens is 572 g/mol. The quantitative estimate of drug-likeness (QED) is 0.312. The number of ether oxygens (including phenoxy) is 2. The molecule has 4 aromatic rings. The Morgan fingerprint density at radius 1 is 1.11 bits per heavy atom. The lowest BCUT2D eigenvalue weighted by atomic mass is 9.95. The van der Waals surface area contributed by atoms with E-state index >= 15 is 0 Å². The van der Waals surface area contributed by atoms with Crippen LogP contribution in [0.4, 0.5) is 14.6 Å². The average molecular weight is 608 g/mol. The Kier molecular flexibility index (Phi) is 8.58. The second-order valence-electron chi connectivity index (χ2n) is 11.3. The third-order valence-electron chi connectivity index (χ3n) is 8.30. The highest BCUT2D eigenvalue weighted by Gasteiger charge is 2.24. The summed E-state index contributed by atoms with van der Waals surface area (Å²) in [5.41, 5.74) is 3.22. The van der Waals surface area contributed by atoms with Gasteiger partial charge in [0, 0.05) is 68.8 Å². The number of likely N-dealkylation sites (N-methyl/N-ethyl adjacent to an activating group) is 1. The lowest BCUT2D eigenvalue weighted by molar-refractivity contribution is -0.0506. The van der Waals surface area contributed by atoms with Crippen molar-refractivity contribution in [3.63, 3.8) is 0 Å². The van der Waals surface area contributed by atoms with Crippen LogP contribution in [0.1, 0.15) is 46.2 Å². The molecule has 0 aromatic carbocycles. The van der Waals surface area contributed by atoms with Gasteiger partial charge in [0.05, 0.1) is 23.3 Å². The minimum absolute atomic E-state index is 0.103. The zero-order valence-corrected chi connectivity index (χ0v) is 24.7. The molecule has 0 unspecified atom stereocenters. The number of nitrogens with one attached hydrogen (secondary N) is 2. The third-order valence-corrected chi connectivity index (χ3v) is 8.30. The maximum atomic E-state index is 13.7. The van der Waals surface area contributed by atoms with Gasteiger partial charge in [0.15, 0.2) is 0 Å². The number of aromatic amines is 1. The highest BCUT2D eigenvalue weighted by molar-refractivity contribution is 5.95. The first-order valence-corrected chi connectivity index (χ1v) is 14.7. The Bertz CT molecular complexity index is 1690. The van der Waals surface area contributed by atoms with Crippen LogP contribution < -0.4 is 20.5 Å². The zero-order chi connectivity index (χ0) is 30.8. The topological polar surface area (TPSA) is 117 Å². The van der Waals surface area contributed by atoms with Gasteiger partial charge in [-0.15, -0.1) is 0 Å². The molecule has 0 atom stereocenters. The summed E-state index contributed by atoms with van der Waals surface area (Å²) < 4.78 is 38.0. The number of aromatic nitrogens is 4. The van der Waals surface area contributed by atoms with Crippen LogP contribution in [0, 0.1) is 6.92 Å². The molecule has 13 heteroatoms. The highest BCUT2D eigenvalue weighted by atomic mass is 19.3. The van der Waals surface area contributed by atoms with Crippen molar-refractivity contribution >= 4 is 17.2 Å². The number of alkyl halides is 2. The third kappa shape index (κ3) is 6.29. The van der Waals surface area contributed by atoms with Crippen LogP contribution >= 0.6 is 0 Å². The fourth-order valence-electron chi connectivity index (χ4n) is 5.83. The Hall–Kier alpha value is -4.36. The van der Waals surface area contributed by atoms with E-state index in [1.807, 2.05) is 24.4 Å². The van der Waals surface area contributed by atoms with E-state index in [0.29, 0.717) is 18.9 Å². The number of hydrogen-bond donors (Lipinski definition) is 2. The van der Waals surface area contributed by atoms with Gasteiger partial charge in [0.1, 0.15) is 23.6 Å². The molecule has 1 amide bonds. The van der Waals surface area contributed by atoms with Crippen LogP contribution in [0.5, 0.6) is 5.75 Å². The average Bonchev–Trinajstić information content (AvgIpc) is 3.45. The molecule has 0 saturated carbocycles. The van der Waals surface area contributed by atoms with Crippen LogP contribution in [0.3, 0.4) is 0 Å². The van der Waals surface area contributed by atoms with Crippen molar-refractivity contribution in [2.24, 2.45) is 0 Å². The molecule has 2 aliphatic rings. The van der Waals surface area contributed by atoms with Gasteiger partial charge in [0.2, 0.25) is 0 Å². The van der Waals surface area contributed by atoms with E-state index in [9.17, 15) is 18.4 Å². The predicted octanol–water partition coefficient (Wildman–Crippen LogP) is 3.57. The Labute approximate surface area is 252 Å². The van der Waals surface area contributed by atoms with Gasteiger partial charge >= 0.3 is 6.61 Å². The van der Waals surface area contributed by atoms with Crippen LogP contribution in [0.25, 0.3) is 16.6 Å². The summed E-state index contributed by atoms with van der Waals surface area (Å²) in [7, 11) is 2.11. The number of aryl methyl sites for hydroxylation is 1. The number of anilines is 1. The van der Waals surface area contributed by atoms with E-state index in [1.54, 1.807) is 23.7 Å². The van der Waals surface area contributed by atoms with E-state index < -0.39 is 18.1 Å². The zero-order valence-electron chi connectivity index (χ0n) is 24.7. The van der Waals surface area contributed by atoms with Crippen molar-refractivity contribution in [2.75, 3.05) is 51.3 Å². The molecule has 0 bridgehead atoms. The molecule has 0 radical (unpaired) electrons. The van der Waals surface area contributed by atoms with E-state index in [-0.39, 0.29) is 29.5 Å². The van der Waals surface area contributed by atoms with Gasteiger partial charge in [-0.05, 0) is 56.6 Å². The smallest absolute Gasteiger partial charge is 0.387 e. The summed E-state index contributed by atoms with van der Waals surface area (Å²) in [6.45, 7) is 3.15. The SMILES string of the molecule is Cc1cc(OC(F)F)c(CNC(=O)c2cc(-c3ccc(N4CCN(C)CC4)nc3)cc3c(C4CCOCC4)ncn23)c(=O)[nH]1. The molecule has 2 aliphatic heterocycles. The Balaban J connectivity index is 1.34. The second kappa shape index (κ2) is 12.7. The summed E-state index contributed by atoms with van der Waals surface area (Å²) in [6.07, 6.45) is 5.08. The number of amides is 1. The van der Waals surface area contributed by atoms with Crippen molar-refractivity contribution in [1.82, 2.24) is 29.6 Å². The Morgan fingerprint density at radius 3 is 2.59 bits per heavy atom. The van der Waals surface area contributed by atoms with Gasteiger partial charge in [-0.25, -0.2) is 9.97 Å². The van der Waals surface area contributed by atoms with Crippen molar-refractivity contribution in [3.8, 4) is 16.9 Å². The first-order valence-electron chi connectivity index (χ1n) is 14.7. The highest BCUT2D eigenvalue weighted by Crippen LogP contribution is 2.32. The predicted molar refractivity (Wildman–Crippen MR) is 161 cm³/mol. The number of fused-ring (bicyclic) bond motifs is 1. The number of imidazole rings is 1. The van der Waals surface area contributed by atoms with Crippen LogP contribution in [-0.4, -0.2) is 83.2 Å². The summed E-state index contributed by atoms with van der Waals surface area (Å²) in [4.78, 5) is 42.9. The monoisotopic (exact) mass is 607 g/mol. The van der Waals surface area contributed by atoms with Gasteiger partial charge < -0.3 is 29.6 Å². The lowest BCUT2D eigenvalue weighted by Crippen LogP contribution is -2.44. The number of piperazine rings is 1. The molecule has 6 heterocycles. The number of H-pyrrole nitrogens is 1. The molecule has 4 aromatic heterocycles. The van der Waals surface area contributed by atoms with Gasteiger partial charge in [-0.1, -0.05) is 0 Å². The number of rotatable bonds is 8. The number of halogens is 2. The van der Waals surface area contributed by atoms with Crippen molar-refractivity contribution < 1.29 is 23.0 Å². The van der Waals surface area contributed by atoms with E-state index in [2.05, 4.69) is 31.9 Å². The molecule has 44 heavy (non-hydrogen) atoms. The molecule has 0 aliphatic carbocycles. The standard InChI is InChI=1S/C31H35F2N7O4/c1-19-13-26(44-31(32)33)23(29(41)37-19)17-35-30(42)25-15-22(14-24-28(36-18-40(24)25)20-5-11-43-12-6-20)21-3-4-27(34-16-21)39-9-7-38(2)8-10-39/h3-4,13-16,18,20,31H,5-12,17H2,1-2H3,(H,35,42)(H,37,41). The molecular formula is C31H35F2N7O4. The van der Waals surface area contributed by atoms with E-state index in [1.165, 1.54) is 6.07 Å². The fourth-order valence-corrected chi connectivity index (χ4v) is 5.83. The lowest BCUT2D eigenvalue weighted by Gasteiger charge is -2.33. The molecule has 232 valence electrons. The van der Waals surface area contributed by atoms with Crippen molar-refractivity contribution in [3.05, 3.63) is 75.9 Å². The van der Waals surface area contributed by atoms with Gasteiger partial charge in [0.25, 0.3) is 11.5 Å². The number of carbonyl (C=O) groups is 1. The van der Waals surface area contributed by atoms with Gasteiger partial charge in [-0.3, -0.25) is 14.0 Å².